The highest BCUT2D eigenvalue weighted by Crippen LogP contribution is 2.70. The predicted octanol–water partition coefficient (Wildman–Crippen LogP) is 4.83. The van der Waals surface area contributed by atoms with Gasteiger partial charge in [0.25, 0.3) is 0 Å². The summed E-state index contributed by atoms with van der Waals surface area (Å²) < 4.78 is 6.82. The lowest BCUT2D eigenvalue weighted by atomic mass is 9.43. The Balaban J connectivity index is 1.61. The fourth-order valence-corrected chi connectivity index (χ4v) is 8.63. The minimum Gasteiger partial charge on any atom is -0.481 e. The van der Waals surface area contributed by atoms with E-state index >= 15 is 0 Å². The van der Waals surface area contributed by atoms with E-state index in [-0.39, 0.29) is 47.7 Å². The summed E-state index contributed by atoms with van der Waals surface area (Å²) in [4.78, 5) is 23.7. The van der Waals surface area contributed by atoms with Crippen molar-refractivity contribution in [3.8, 4) is 0 Å². The van der Waals surface area contributed by atoms with E-state index in [0.717, 1.165) is 28.6 Å². The number of carboxylic acids is 1. The molecule has 1 heterocycles. The predicted molar refractivity (Wildman–Crippen MR) is 124 cm³/mol. The molecule has 0 bridgehead atoms. The number of hydrogen-bond acceptors (Lipinski definition) is 5. The van der Waals surface area contributed by atoms with Gasteiger partial charge < -0.3 is 19.7 Å². The van der Waals surface area contributed by atoms with Crippen LogP contribution in [0, 0.1) is 28.6 Å². The Morgan fingerprint density at radius 1 is 1.30 bits per heavy atom. The summed E-state index contributed by atoms with van der Waals surface area (Å²) in [5, 5.41) is 32.7. The molecule has 3 N–H and O–H groups in total. The second-order valence-electron chi connectivity index (χ2n) is 11.4. The third-order valence-electron chi connectivity index (χ3n) is 9.98. The van der Waals surface area contributed by atoms with E-state index in [4.69, 9.17) is 4.42 Å². The smallest absolute Gasteiger partial charge is 0.303 e. The number of carboxylic acid groups (broad SMARTS) is 1. The third kappa shape index (κ3) is 3.41. The van der Waals surface area contributed by atoms with Crippen LogP contribution in [0.25, 0.3) is 0 Å². The fraction of sp³-hybridized carbons (Fsp3) is 0.692. The van der Waals surface area contributed by atoms with Gasteiger partial charge in [0.2, 0.25) is 0 Å². The van der Waals surface area contributed by atoms with E-state index in [2.05, 4.69) is 29.8 Å². The van der Waals surface area contributed by atoms with E-state index in [1.54, 1.807) is 6.26 Å². The van der Waals surface area contributed by atoms with Crippen LogP contribution >= 0.6 is 15.9 Å². The normalized spacial score (nSPS) is 44.6. The molecule has 3 saturated carbocycles. The van der Waals surface area contributed by atoms with Crippen molar-refractivity contribution >= 4 is 27.7 Å². The Bertz CT molecular complexity index is 1010. The molecular weight excluding hydrogens is 488 g/mol. The Kier molecular flexibility index (Phi) is 5.50. The van der Waals surface area contributed by atoms with E-state index < -0.39 is 23.1 Å². The van der Waals surface area contributed by atoms with Crippen molar-refractivity contribution < 1.29 is 29.3 Å². The lowest BCUT2D eigenvalue weighted by molar-refractivity contribution is -0.180. The summed E-state index contributed by atoms with van der Waals surface area (Å²) in [6.07, 6.45) is 6.69. The highest BCUT2D eigenvalue weighted by Gasteiger charge is 2.68. The first-order valence-electron chi connectivity index (χ1n) is 12.1. The highest BCUT2D eigenvalue weighted by atomic mass is 79.9. The van der Waals surface area contributed by atoms with Gasteiger partial charge in [-0.3, -0.25) is 9.59 Å². The number of halogens is 1. The van der Waals surface area contributed by atoms with Crippen molar-refractivity contribution in [1.82, 2.24) is 0 Å². The molecule has 8 atom stereocenters. The van der Waals surface area contributed by atoms with Gasteiger partial charge >= 0.3 is 5.97 Å². The molecule has 7 heteroatoms. The SMILES string of the molecule is C[C@]12CCC(=O)C=C1CC(c1cc(Br)co1)[C@@H]1[C@@H]2C(O)C[C@@]2(C)[C@H]1CC[C@]2(O)CCC(=O)O. The molecule has 1 aromatic heterocycles. The number of hydrogen-bond donors (Lipinski definition) is 3. The van der Waals surface area contributed by atoms with Gasteiger partial charge in [-0.05, 0) is 89.8 Å². The molecule has 180 valence electrons. The van der Waals surface area contributed by atoms with Crippen LogP contribution in [0.2, 0.25) is 0 Å². The van der Waals surface area contributed by atoms with Gasteiger partial charge in [0.15, 0.2) is 5.78 Å². The van der Waals surface area contributed by atoms with E-state index in [1.807, 2.05) is 12.1 Å². The molecule has 1 aromatic rings. The van der Waals surface area contributed by atoms with Crippen molar-refractivity contribution in [3.63, 3.8) is 0 Å². The minimum absolute atomic E-state index is 0.00683. The Morgan fingerprint density at radius 3 is 2.73 bits per heavy atom. The zero-order valence-electron chi connectivity index (χ0n) is 19.2. The molecular formula is C26H33BrO6. The van der Waals surface area contributed by atoms with Crippen LogP contribution in [0.1, 0.15) is 76.9 Å². The van der Waals surface area contributed by atoms with Crippen molar-refractivity contribution in [2.75, 3.05) is 0 Å². The van der Waals surface area contributed by atoms with Gasteiger partial charge in [-0.15, -0.1) is 0 Å². The molecule has 33 heavy (non-hydrogen) atoms. The van der Waals surface area contributed by atoms with Crippen LogP contribution in [0.5, 0.6) is 0 Å². The molecule has 0 aromatic carbocycles. The van der Waals surface area contributed by atoms with Gasteiger partial charge in [0.05, 0.1) is 16.2 Å². The van der Waals surface area contributed by atoms with Gasteiger partial charge in [-0.2, -0.15) is 0 Å². The number of ketones is 1. The maximum Gasteiger partial charge on any atom is 0.303 e. The number of carbonyl (C=O) groups is 2. The number of aliphatic hydroxyl groups is 2. The largest absolute Gasteiger partial charge is 0.481 e. The molecule has 0 saturated heterocycles. The number of aliphatic hydroxyl groups excluding tert-OH is 1. The van der Waals surface area contributed by atoms with Crippen LogP contribution in [-0.4, -0.2) is 38.8 Å². The Morgan fingerprint density at radius 2 is 2.06 bits per heavy atom. The first-order chi connectivity index (χ1) is 15.5. The van der Waals surface area contributed by atoms with Crippen LogP contribution in [0.4, 0.5) is 0 Å². The zero-order valence-corrected chi connectivity index (χ0v) is 20.8. The average molecular weight is 521 g/mol. The number of furan rings is 1. The van der Waals surface area contributed by atoms with Crippen LogP contribution in [0.15, 0.2) is 32.9 Å². The highest BCUT2D eigenvalue weighted by molar-refractivity contribution is 9.10. The van der Waals surface area contributed by atoms with E-state index in [9.17, 15) is 24.9 Å². The molecule has 0 radical (unpaired) electrons. The van der Waals surface area contributed by atoms with Crippen LogP contribution in [-0.2, 0) is 9.59 Å². The summed E-state index contributed by atoms with van der Waals surface area (Å²) >= 11 is 3.50. The first-order valence-corrected chi connectivity index (χ1v) is 12.9. The van der Waals surface area contributed by atoms with Crippen molar-refractivity contribution in [1.29, 1.82) is 0 Å². The zero-order chi connectivity index (χ0) is 23.8. The molecule has 3 fully saturated rings. The van der Waals surface area contributed by atoms with Crippen LogP contribution < -0.4 is 0 Å². The number of fused-ring (bicyclic) bond motifs is 5. The summed E-state index contributed by atoms with van der Waals surface area (Å²) in [6.45, 7) is 4.26. The summed E-state index contributed by atoms with van der Waals surface area (Å²) in [5.74, 6) is 0.247. The monoisotopic (exact) mass is 520 g/mol. The van der Waals surface area contributed by atoms with Crippen molar-refractivity contribution in [3.05, 3.63) is 34.2 Å². The van der Waals surface area contributed by atoms with E-state index in [0.29, 0.717) is 25.7 Å². The second kappa shape index (κ2) is 7.79. The summed E-state index contributed by atoms with van der Waals surface area (Å²) in [5.41, 5.74) is -0.843. The molecule has 0 amide bonds. The fourth-order valence-electron chi connectivity index (χ4n) is 8.31. The van der Waals surface area contributed by atoms with Crippen LogP contribution in [0.3, 0.4) is 0 Å². The maximum absolute atomic E-state index is 12.3. The van der Waals surface area contributed by atoms with Gasteiger partial charge in [-0.1, -0.05) is 19.4 Å². The quantitative estimate of drug-likeness (QED) is 0.524. The molecule has 2 unspecified atom stereocenters. The average Bonchev–Trinajstić information content (AvgIpc) is 3.27. The van der Waals surface area contributed by atoms with Gasteiger partial charge in [0, 0.05) is 24.2 Å². The van der Waals surface area contributed by atoms with Crippen molar-refractivity contribution in [2.24, 2.45) is 28.6 Å². The lowest BCUT2D eigenvalue weighted by Crippen LogP contribution is -2.61. The summed E-state index contributed by atoms with van der Waals surface area (Å²) in [6, 6.07) is 1.99. The molecule has 4 aliphatic rings. The molecule has 5 rings (SSSR count). The Hall–Kier alpha value is -1.44. The standard InChI is InChI=1S/C26H33BrO6/c1-24-6-3-16(28)9-14(24)10-17(20-11-15(27)13-33-20)22-18-4-7-26(32,8-5-21(30)31)25(18,2)12-19(29)23(22)24/h9,11,13,17-19,22-23,29,32H,3-8,10,12H2,1-2H3,(H,30,31)/t17?,18-,19?,22-,23-,24-,25-,26-/m0/s1. The maximum atomic E-state index is 12.3. The van der Waals surface area contributed by atoms with Gasteiger partial charge in [0.1, 0.15) is 12.0 Å². The third-order valence-corrected chi connectivity index (χ3v) is 10.4. The van der Waals surface area contributed by atoms with Gasteiger partial charge in [-0.25, -0.2) is 0 Å². The molecule has 0 spiro atoms. The Labute approximate surface area is 202 Å². The number of carbonyl (C=O) groups excluding carboxylic acids is 1. The topological polar surface area (TPSA) is 108 Å². The second-order valence-corrected chi connectivity index (χ2v) is 12.3. The molecule has 4 aliphatic carbocycles. The minimum atomic E-state index is -1.12. The number of aliphatic carboxylic acids is 1. The lowest BCUT2D eigenvalue weighted by Gasteiger charge is -2.62. The molecule has 6 nitrogen and oxygen atoms in total. The number of rotatable bonds is 4. The van der Waals surface area contributed by atoms with Crippen molar-refractivity contribution in [2.45, 2.75) is 82.8 Å². The molecule has 0 aliphatic heterocycles. The first kappa shape index (κ1) is 23.3. The van der Waals surface area contributed by atoms with E-state index in [1.165, 1.54) is 0 Å². The number of allylic oxidation sites excluding steroid dienone is 1. The summed E-state index contributed by atoms with van der Waals surface area (Å²) in [7, 11) is 0.